The third-order valence-electron chi connectivity index (χ3n) is 3.10. The van der Waals surface area contributed by atoms with Crippen molar-refractivity contribution in [2.45, 2.75) is 44.9 Å². The number of thiazole rings is 1. The average Bonchev–Trinajstić information content (AvgIpc) is 2.97. The summed E-state index contributed by atoms with van der Waals surface area (Å²) >= 11 is 1.59. The normalized spacial score (nSPS) is 22.6. The van der Waals surface area contributed by atoms with Crippen LogP contribution in [-0.4, -0.2) is 29.6 Å². The molecule has 8 heteroatoms. The zero-order valence-corrected chi connectivity index (χ0v) is 13.9. The van der Waals surface area contributed by atoms with Crippen molar-refractivity contribution in [1.29, 1.82) is 0 Å². The standard InChI is InChI=1S/C12H19N3O2S.2ClH/c1-7(10-6-18-8(2)15-10)14-12(16)11-4-3-9(5-13)17-11;;/h6-7,9,11H,3-5,13H2,1-2H3,(H,14,16);2*1H/t7?,9-,11+;;/m1../s1. The number of hydrogen-bond donors (Lipinski definition) is 2. The Morgan fingerprint density at radius 2 is 2.30 bits per heavy atom. The summed E-state index contributed by atoms with van der Waals surface area (Å²) in [6.07, 6.45) is 1.27. The number of nitrogens with one attached hydrogen (secondary N) is 1. The van der Waals surface area contributed by atoms with Gasteiger partial charge >= 0.3 is 0 Å². The molecule has 1 aliphatic heterocycles. The SMILES string of the molecule is Cc1nc(C(C)NC(=O)[C@@H]2CC[C@H](CN)O2)cs1.Cl.Cl. The molecule has 1 fully saturated rings. The molecule has 1 amide bonds. The summed E-state index contributed by atoms with van der Waals surface area (Å²) in [6.45, 7) is 4.36. The van der Waals surface area contributed by atoms with Crippen molar-refractivity contribution in [1.82, 2.24) is 10.3 Å². The predicted molar refractivity (Wildman–Crippen MR) is 84.9 cm³/mol. The molecule has 0 spiro atoms. The van der Waals surface area contributed by atoms with Gasteiger partial charge in [-0.25, -0.2) is 4.98 Å². The van der Waals surface area contributed by atoms with Crippen LogP contribution in [0.4, 0.5) is 0 Å². The third kappa shape index (κ3) is 4.86. The van der Waals surface area contributed by atoms with Crippen molar-refractivity contribution in [3.63, 3.8) is 0 Å². The van der Waals surface area contributed by atoms with E-state index in [1.165, 1.54) is 0 Å². The highest BCUT2D eigenvalue weighted by atomic mass is 35.5. The second-order valence-corrected chi connectivity index (χ2v) is 5.64. The van der Waals surface area contributed by atoms with E-state index >= 15 is 0 Å². The summed E-state index contributed by atoms with van der Waals surface area (Å²) in [6, 6.07) is -0.0806. The summed E-state index contributed by atoms with van der Waals surface area (Å²) in [5, 5.41) is 5.91. The fraction of sp³-hybridized carbons (Fsp3) is 0.667. The van der Waals surface area contributed by atoms with E-state index in [2.05, 4.69) is 10.3 Å². The number of carbonyl (C=O) groups is 1. The van der Waals surface area contributed by atoms with Crippen molar-refractivity contribution < 1.29 is 9.53 Å². The topological polar surface area (TPSA) is 77.2 Å². The minimum Gasteiger partial charge on any atom is -0.364 e. The van der Waals surface area contributed by atoms with Crippen LogP contribution < -0.4 is 11.1 Å². The van der Waals surface area contributed by atoms with Crippen LogP contribution in [0.25, 0.3) is 0 Å². The van der Waals surface area contributed by atoms with Gasteiger partial charge in [0, 0.05) is 11.9 Å². The van der Waals surface area contributed by atoms with E-state index in [1.807, 2.05) is 19.2 Å². The molecule has 1 aromatic rings. The number of nitrogens with two attached hydrogens (primary N) is 1. The van der Waals surface area contributed by atoms with Gasteiger partial charge in [-0.1, -0.05) is 0 Å². The maximum absolute atomic E-state index is 12.0. The minimum atomic E-state index is -0.360. The molecule has 1 aliphatic rings. The fourth-order valence-corrected chi connectivity index (χ4v) is 2.74. The maximum Gasteiger partial charge on any atom is 0.249 e. The van der Waals surface area contributed by atoms with Crippen LogP contribution in [0.15, 0.2) is 5.38 Å². The molecular weight excluding hydrogens is 321 g/mol. The Kier molecular flexibility index (Phi) is 8.62. The highest BCUT2D eigenvalue weighted by molar-refractivity contribution is 7.09. The summed E-state index contributed by atoms with van der Waals surface area (Å²) in [4.78, 5) is 16.4. The van der Waals surface area contributed by atoms with Gasteiger partial charge in [-0.05, 0) is 26.7 Å². The first-order chi connectivity index (χ1) is 8.60. The van der Waals surface area contributed by atoms with Crippen LogP contribution in [0.3, 0.4) is 0 Å². The van der Waals surface area contributed by atoms with Gasteiger partial charge in [0.15, 0.2) is 0 Å². The lowest BCUT2D eigenvalue weighted by molar-refractivity contribution is -0.132. The van der Waals surface area contributed by atoms with Crippen LogP contribution >= 0.6 is 36.2 Å². The van der Waals surface area contributed by atoms with Gasteiger partial charge < -0.3 is 15.8 Å². The van der Waals surface area contributed by atoms with Gasteiger partial charge in [-0.2, -0.15) is 0 Å². The van der Waals surface area contributed by atoms with Crippen molar-refractivity contribution >= 4 is 42.1 Å². The molecule has 0 aromatic carbocycles. The van der Waals surface area contributed by atoms with E-state index < -0.39 is 0 Å². The number of carbonyl (C=O) groups excluding carboxylic acids is 1. The molecule has 2 heterocycles. The highest BCUT2D eigenvalue weighted by Gasteiger charge is 2.30. The molecule has 0 radical (unpaired) electrons. The molecule has 116 valence electrons. The number of amides is 1. The fourth-order valence-electron chi connectivity index (χ4n) is 2.03. The molecule has 5 nitrogen and oxygen atoms in total. The molecule has 2 rings (SSSR count). The van der Waals surface area contributed by atoms with E-state index in [-0.39, 0.29) is 49.0 Å². The van der Waals surface area contributed by atoms with Crippen LogP contribution in [0.2, 0.25) is 0 Å². The van der Waals surface area contributed by atoms with Crippen LogP contribution in [0.1, 0.15) is 36.5 Å². The number of ether oxygens (including phenoxy) is 1. The van der Waals surface area contributed by atoms with Crippen LogP contribution in [-0.2, 0) is 9.53 Å². The first-order valence-electron chi connectivity index (χ1n) is 6.18. The van der Waals surface area contributed by atoms with Gasteiger partial charge in [0.05, 0.1) is 22.8 Å². The molecule has 0 aliphatic carbocycles. The Hall–Kier alpha value is -0.400. The minimum absolute atomic E-state index is 0. The van der Waals surface area contributed by atoms with Gasteiger partial charge in [0.2, 0.25) is 5.91 Å². The van der Waals surface area contributed by atoms with Gasteiger partial charge in [-0.15, -0.1) is 36.2 Å². The van der Waals surface area contributed by atoms with Gasteiger partial charge in [0.1, 0.15) is 6.10 Å². The van der Waals surface area contributed by atoms with Crippen molar-refractivity contribution in [3.8, 4) is 0 Å². The number of nitrogens with zero attached hydrogens (tertiary/aromatic N) is 1. The van der Waals surface area contributed by atoms with E-state index in [0.29, 0.717) is 6.54 Å². The molecule has 3 atom stereocenters. The first kappa shape index (κ1) is 19.6. The number of aryl methyl sites for hydroxylation is 1. The Bertz CT molecular complexity index is 431. The number of aromatic nitrogens is 1. The zero-order chi connectivity index (χ0) is 13.1. The van der Waals surface area contributed by atoms with E-state index in [1.54, 1.807) is 11.3 Å². The third-order valence-corrected chi connectivity index (χ3v) is 3.89. The predicted octanol–water partition coefficient (Wildman–Crippen LogP) is 1.98. The van der Waals surface area contributed by atoms with Crippen molar-refractivity contribution in [3.05, 3.63) is 16.1 Å². The molecule has 1 aromatic heterocycles. The Labute approximate surface area is 135 Å². The number of hydrogen-bond acceptors (Lipinski definition) is 5. The lowest BCUT2D eigenvalue weighted by Gasteiger charge is -2.16. The summed E-state index contributed by atoms with van der Waals surface area (Å²) < 4.78 is 5.56. The molecule has 1 saturated heterocycles. The second kappa shape index (κ2) is 8.79. The molecule has 20 heavy (non-hydrogen) atoms. The van der Waals surface area contributed by atoms with Crippen molar-refractivity contribution in [2.24, 2.45) is 5.73 Å². The Morgan fingerprint density at radius 3 is 2.80 bits per heavy atom. The Balaban J connectivity index is 0.00000180. The summed E-state index contributed by atoms with van der Waals surface area (Å²) in [5.74, 6) is -0.0656. The number of halogens is 2. The average molecular weight is 342 g/mol. The maximum atomic E-state index is 12.0. The molecule has 0 saturated carbocycles. The zero-order valence-electron chi connectivity index (χ0n) is 11.5. The molecule has 3 N–H and O–H groups in total. The van der Waals surface area contributed by atoms with Gasteiger partial charge in [0.25, 0.3) is 0 Å². The lowest BCUT2D eigenvalue weighted by atomic mass is 10.1. The van der Waals surface area contributed by atoms with E-state index in [9.17, 15) is 4.79 Å². The molecular formula is C12H21Cl2N3O2S. The van der Waals surface area contributed by atoms with Gasteiger partial charge in [-0.3, -0.25) is 4.79 Å². The quantitative estimate of drug-likeness (QED) is 0.877. The van der Waals surface area contributed by atoms with Crippen molar-refractivity contribution in [2.75, 3.05) is 6.54 Å². The largest absolute Gasteiger partial charge is 0.364 e. The smallest absolute Gasteiger partial charge is 0.249 e. The van der Waals surface area contributed by atoms with E-state index in [0.717, 1.165) is 23.5 Å². The number of rotatable bonds is 4. The van der Waals surface area contributed by atoms with Crippen LogP contribution in [0.5, 0.6) is 0 Å². The highest BCUT2D eigenvalue weighted by Crippen LogP contribution is 2.21. The molecule has 0 bridgehead atoms. The Morgan fingerprint density at radius 1 is 1.60 bits per heavy atom. The summed E-state index contributed by atoms with van der Waals surface area (Å²) in [7, 11) is 0. The second-order valence-electron chi connectivity index (χ2n) is 4.58. The van der Waals surface area contributed by atoms with Crippen LogP contribution in [0, 0.1) is 6.92 Å². The van der Waals surface area contributed by atoms with E-state index in [4.69, 9.17) is 10.5 Å². The first-order valence-corrected chi connectivity index (χ1v) is 7.06. The molecule has 1 unspecified atom stereocenters. The lowest BCUT2D eigenvalue weighted by Crippen LogP contribution is -2.37. The summed E-state index contributed by atoms with van der Waals surface area (Å²) in [5.41, 5.74) is 6.43. The monoisotopic (exact) mass is 341 g/mol.